The van der Waals surface area contributed by atoms with E-state index in [9.17, 15) is 4.79 Å². The summed E-state index contributed by atoms with van der Waals surface area (Å²) in [5.74, 6) is 0.659. The first-order valence-corrected chi connectivity index (χ1v) is 6.86. The van der Waals surface area contributed by atoms with E-state index in [1.165, 1.54) is 0 Å². The maximum atomic E-state index is 12.2. The van der Waals surface area contributed by atoms with Gasteiger partial charge in [0.1, 0.15) is 0 Å². The molecule has 0 fully saturated rings. The molecule has 0 bridgehead atoms. The first kappa shape index (κ1) is 13.4. The predicted molar refractivity (Wildman–Crippen MR) is 81.2 cm³/mol. The number of nitrogens with zero attached hydrogens (tertiary/aromatic N) is 2. The van der Waals surface area contributed by atoms with Crippen molar-refractivity contribution in [3.63, 3.8) is 0 Å². The first-order chi connectivity index (χ1) is 10.2. The van der Waals surface area contributed by atoms with Gasteiger partial charge in [0.15, 0.2) is 0 Å². The van der Waals surface area contributed by atoms with Crippen LogP contribution >= 0.6 is 0 Å². The molecule has 1 aliphatic heterocycles. The summed E-state index contributed by atoms with van der Waals surface area (Å²) < 4.78 is 5.12. The number of pyridine rings is 1. The molecule has 5 nitrogen and oxygen atoms in total. The third-order valence-electron chi connectivity index (χ3n) is 3.61. The number of amides is 1. The van der Waals surface area contributed by atoms with E-state index in [0.29, 0.717) is 18.8 Å². The van der Waals surface area contributed by atoms with Crippen molar-refractivity contribution in [3.8, 4) is 5.88 Å². The van der Waals surface area contributed by atoms with Crippen LogP contribution in [0.2, 0.25) is 0 Å². The maximum absolute atomic E-state index is 12.2. The monoisotopic (exact) mass is 283 g/mol. The molecular formula is C16H17N3O2. The zero-order valence-corrected chi connectivity index (χ0v) is 11.9. The van der Waals surface area contributed by atoms with Gasteiger partial charge in [0.25, 0.3) is 0 Å². The molecule has 0 unspecified atom stereocenters. The van der Waals surface area contributed by atoms with Gasteiger partial charge in [0, 0.05) is 23.9 Å². The number of anilines is 2. The normalized spacial score (nSPS) is 14.0. The quantitative estimate of drug-likeness (QED) is 0.876. The van der Waals surface area contributed by atoms with Gasteiger partial charge in [-0.2, -0.15) is 0 Å². The Bertz CT molecular complexity index is 685. The van der Waals surface area contributed by atoms with Crippen LogP contribution in [0.4, 0.5) is 11.4 Å². The van der Waals surface area contributed by atoms with E-state index in [0.717, 1.165) is 29.1 Å². The number of ether oxygens (including phenoxy) is 1. The van der Waals surface area contributed by atoms with E-state index in [1.807, 2.05) is 30.3 Å². The first-order valence-electron chi connectivity index (χ1n) is 6.86. The van der Waals surface area contributed by atoms with Crippen molar-refractivity contribution in [2.45, 2.75) is 19.4 Å². The largest absolute Gasteiger partial charge is 0.481 e. The Labute approximate surface area is 123 Å². The molecule has 5 heteroatoms. The molecule has 21 heavy (non-hydrogen) atoms. The van der Waals surface area contributed by atoms with Gasteiger partial charge >= 0.3 is 0 Å². The number of hydrogen-bond donors (Lipinski definition) is 1. The molecule has 0 aliphatic carbocycles. The molecule has 1 aromatic heterocycles. The lowest BCUT2D eigenvalue weighted by Crippen LogP contribution is -2.34. The van der Waals surface area contributed by atoms with Gasteiger partial charge in [-0.1, -0.05) is 6.07 Å². The lowest BCUT2D eigenvalue weighted by Gasteiger charge is -2.29. The zero-order valence-electron chi connectivity index (χ0n) is 11.9. The minimum Gasteiger partial charge on any atom is -0.481 e. The van der Waals surface area contributed by atoms with Gasteiger partial charge in [-0.3, -0.25) is 4.79 Å². The van der Waals surface area contributed by atoms with Gasteiger partial charge in [0.05, 0.1) is 19.3 Å². The Morgan fingerprint density at radius 3 is 2.95 bits per heavy atom. The fourth-order valence-corrected chi connectivity index (χ4v) is 2.57. The molecule has 0 atom stereocenters. The Balaban J connectivity index is 1.92. The van der Waals surface area contributed by atoms with Crippen molar-refractivity contribution in [2.24, 2.45) is 0 Å². The molecule has 1 amide bonds. The Hall–Kier alpha value is -2.56. The van der Waals surface area contributed by atoms with Crippen LogP contribution in [0.15, 0.2) is 36.4 Å². The van der Waals surface area contributed by atoms with E-state index in [4.69, 9.17) is 10.5 Å². The number of hydrogen-bond acceptors (Lipinski definition) is 4. The van der Waals surface area contributed by atoms with E-state index in [1.54, 1.807) is 18.1 Å². The number of rotatable bonds is 3. The highest BCUT2D eigenvalue weighted by Crippen LogP contribution is 2.30. The van der Waals surface area contributed by atoms with Crippen molar-refractivity contribution >= 4 is 17.3 Å². The molecule has 108 valence electrons. The fraction of sp³-hybridized carbons (Fsp3) is 0.250. The van der Waals surface area contributed by atoms with Crippen LogP contribution in [0, 0.1) is 0 Å². The third kappa shape index (κ3) is 2.67. The average Bonchev–Trinajstić information content (AvgIpc) is 2.50. The number of methoxy groups -OCH3 is 1. The van der Waals surface area contributed by atoms with Crippen LogP contribution in [-0.4, -0.2) is 18.0 Å². The number of nitrogen functional groups attached to an aromatic ring is 1. The minimum atomic E-state index is 0.108. The second-order valence-electron chi connectivity index (χ2n) is 5.04. The molecule has 0 radical (unpaired) electrons. The van der Waals surface area contributed by atoms with Crippen LogP contribution in [0.1, 0.15) is 17.7 Å². The minimum absolute atomic E-state index is 0.108. The van der Waals surface area contributed by atoms with Crippen LogP contribution in [0.25, 0.3) is 0 Å². The summed E-state index contributed by atoms with van der Waals surface area (Å²) in [7, 11) is 1.58. The summed E-state index contributed by atoms with van der Waals surface area (Å²) in [6, 6.07) is 11.2. The van der Waals surface area contributed by atoms with Gasteiger partial charge in [-0.05, 0) is 36.2 Å². The van der Waals surface area contributed by atoms with Crippen molar-refractivity contribution in [1.29, 1.82) is 0 Å². The number of carbonyl (C=O) groups is 1. The van der Waals surface area contributed by atoms with Crippen LogP contribution in [0.3, 0.4) is 0 Å². The molecule has 2 N–H and O–H groups in total. The van der Waals surface area contributed by atoms with Gasteiger partial charge in [0.2, 0.25) is 11.8 Å². The number of nitrogens with two attached hydrogens (primary N) is 1. The molecule has 2 heterocycles. The summed E-state index contributed by atoms with van der Waals surface area (Å²) in [4.78, 5) is 18.4. The highest BCUT2D eigenvalue weighted by Gasteiger charge is 2.24. The molecule has 0 spiro atoms. The van der Waals surface area contributed by atoms with Crippen LogP contribution in [-0.2, 0) is 17.8 Å². The van der Waals surface area contributed by atoms with Gasteiger partial charge in [-0.15, -0.1) is 0 Å². The summed E-state index contributed by atoms with van der Waals surface area (Å²) in [6.45, 7) is 0.437. The van der Waals surface area contributed by atoms with E-state index in [-0.39, 0.29) is 5.91 Å². The van der Waals surface area contributed by atoms with Gasteiger partial charge < -0.3 is 15.4 Å². The van der Waals surface area contributed by atoms with Crippen LogP contribution < -0.4 is 15.4 Å². The summed E-state index contributed by atoms with van der Waals surface area (Å²) in [6.07, 6.45) is 1.24. The third-order valence-corrected chi connectivity index (χ3v) is 3.61. The lowest BCUT2D eigenvalue weighted by molar-refractivity contribution is -0.119. The smallest absolute Gasteiger partial charge is 0.227 e. The Morgan fingerprint density at radius 1 is 1.29 bits per heavy atom. The predicted octanol–water partition coefficient (Wildman–Crippen LogP) is 2.15. The summed E-state index contributed by atoms with van der Waals surface area (Å²) >= 11 is 0. The molecule has 1 aromatic carbocycles. The van der Waals surface area contributed by atoms with Crippen molar-refractivity contribution in [3.05, 3.63) is 47.7 Å². The molecule has 2 aromatic rings. The molecule has 0 saturated carbocycles. The number of carbonyl (C=O) groups excluding carboxylic acids is 1. The zero-order chi connectivity index (χ0) is 14.8. The molecule has 1 aliphatic rings. The topological polar surface area (TPSA) is 68.5 Å². The van der Waals surface area contributed by atoms with Crippen LogP contribution in [0.5, 0.6) is 5.88 Å². The van der Waals surface area contributed by atoms with E-state index < -0.39 is 0 Å². The number of aromatic nitrogens is 1. The highest BCUT2D eigenvalue weighted by molar-refractivity contribution is 5.96. The van der Waals surface area contributed by atoms with E-state index in [2.05, 4.69) is 4.98 Å². The van der Waals surface area contributed by atoms with Crippen molar-refractivity contribution in [2.75, 3.05) is 17.7 Å². The molecule has 3 rings (SSSR count). The number of fused-ring (bicyclic) bond motifs is 1. The highest BCUT2D eigenvalue weighted by atomic mass is 16.5. The molecule has 0 saturated heterocycles. The standard InChI is InChI=1S/C16H17N3O2/c1-21-15-4-2-3-13(18-15)10-19-14-7-6-12(17)9-11(14)5-8-16(19)20/h2-4,6-7,9H,5,8,10,17H2,1H3. The summed E-state index contributed by atoms with van der Waals surface area (Å²) in [5.41, 5.74) is 9.37. The maximum Gasteiger partial charge on any atom is 0.227 e. The number of benzene rings is 1. The summed E-state index contributed by atoms with van der Waals surface area (Å²) in [5, 5.41) is 0. The Morgan fingerprint density at radius 2 is 2.14 bits per heavy atom. The second-order valence-corrected chi connectivity index (χ2v) is 5.04. The van der Waals surface area contributed by atoms with E-state index >= 15 is 0 Å². The Kier molecular flexibility index (Phi) is 3.48. The average molecular weight is 283 g/mol. The second kappa shape index (κ2) is 5.44. The van der Waals surface area contributed by atoms with Crippen molar-refractivity contribution in [1.82, 2.24) is 4.98 Å². The fourth-order valence-electron chi connectivity index (χ4n) is 2.57. The SMILES string of the molecule is COc1cccc(CN2C(=O)CCc3cc(N)ccc32)n1. The van der Waals surface area contributed by atoms with Gasteiger partial charge in [-0.25, -0.2) is 4.98 Å². The lowest BCUT2D eigenvalue weighted by atomic mass is 10.0. The number of aryl methyl sites for hydroxylation is 1. The van der Waals surface area contributed by atoms with Crippen molar-refractivity contribution < 1.29 is 9.53 Å². The molecular weight excluding hydrogens is 266 g/mol.